The molecule has 13 heavy (non-hydrogen) atoms. The Kier molecular flexibility index (Phi) is 4.12. The first kappa shape index (κ1) is 10.9. The summed E-state index contributed by atoms with van der Waals surface area (Å²) in [6.07, 6.45) is 0.667. The summed E-state index contributed by atoms with van der Waals surface area (Å²) in [7, 11) is 4.82. The Labute approximate surface area is 78.8 Å². The molecule has 0 heterocycles. The monoisotopic (exact) mass is 190 g/mol. The fourth-order valence-electron chi connectivity index (χ4n) is 1.90. The van der Waals surface area contributed by atoms with Gasteiger partial charge in [0.1, 0.15) is 12.2 Å². The van der Waals surface area contributed by atoms with Crippen LogP contribution in [-0.2, 0) is 14.2 Å². The standard InChI is InChI=1S/C9H18O4/c1-11-6-4-5-7(12-2)9(13-3)8(6)10/h6-10H,4-5H2,1-3H3. The molecule has 4 unspecified atom stereocenters. The Hall–Kier alpha value is -0.160. The summed E-state index contributed by atoms with van der Waals surface area (Å²) in [5.74, 6) is 0. The molecule has 1 aliphatic rings. The molecule has 4 atom stereocenters. The zero-order valence-electron chi connectivity index (χ0n) is 8.40. The van der Waals surface area contributed by atoms with Gasteiger partial charge in [0, 0.05) is 21.3 Å². The summed E-state index contributed by atoms with van der Waals surface area (Å²) in [6.45, 7) is 0. The molecule has 0 aromatic rings. The highest BCUT2D eigenvalue weighted by Crippen LogP contribution is 2.25. The minimum absolute atomic E-state index is 0.0219. The summed E-state index contributed by atoms with van der Waals surface area (Å²) in [5, 5.41) is 9.80. The lowest BCUT2D eigenvalue weighted by atomic mass is 9.89. The van der Waals surface area contributed by atoms with Crippen molar-refractivity contribution in [1.82, 2.24) is 0 Å². The van der Waals surface area contributed by atoms with E-state index in [-0.39, 0.29) is 18.3 Å². The first-order valence-corrected chi connectivity index (χ1v) is 4.51. The normalized spacial score (nSPS) is 40.6. The predicted octanol–water partition coefficient (Wildman–Crippen LogP) is 0.186. The molecule has 0 radical (unpaired) electrons. The Morgan fingerprint density at radius 3 is 1.92 bits per heavy atom. The minimum Gasteiger partial charge on any atom is -0.388 e. The molecule has 1 rings (SSSR count). The molecule has 0 bridgehead atoms. The van der Waals surface area contributed by atoms with Crippen molar-refractivity contribution in [1.29, 1.82) is 0 Å². The lowest BCUT2D eigenvalue weighted by Gasteiger charge is -2.37. The van der Waals surface area contributed by atoms with Crippen molar-refractivity contribution in [2.24, 2.45) is 0 Å². The van der Waals surface area contributed by atoms with Crippen molar-refractivity contribution in [3.8, 4) is 0 Å². The lowest BCUT2D eigenvalue weighted by Crippen LogP contribution is -2.51. The maximum atomic E-state index is 9.80. The highest BCUT2D eigenvalue weighted by Gasteiger charge is 2.38. The summed E-state index contributed by atoms with van der Waals surface area (Å²) in [5.41, 5.74) is 0. The van der Waals surface area contributed by atoms with Gasteiger partial charge in [-0.15, -0.1) is 0 Å². The van der Waals surface area contributed by atoms with Gasteiger partial charge in [0.05, 0.1) is 12.2 Å². The molecule has 1 aliphatic carbocycles. The molecule has 1 fully saturated rings. The molecule has 4 heteroatoms. The molecule has 1 N–H and O–H groups in total. The molecular weight excluding hydrogens is 172 g/mol. The van der Waals surface area contributed by atoms with Crippen LogP contribution in [0.25, 0.3) is 0 Å². The maximum Gasteiger partial charge on any atom is 0.112 e. The quantitative estimate of drug-likeness (QED) is 0.690. The molecule has 78 valence electrons. The van der Waals surface area contributed by atoms with Crippen molar-refractivity contribution in [2.45, 2.75) is 37.3 Å². The first-order valence-electron chi connectivity index (χ1n) is 4.51. The number of rotatable bonds is 3. The number of ether oxygens (including phenoxy) is 3. The highest BCUT2D eigenvalue weighted by atomic mass is 16.5. The maximum absolute atomic E-state index is 9.80. The average Bonchev–Trinajstić information content (AvgIpc) is 2.17. The SMILES string of the molecule is COC1CCC(OC)C(OC)C1O. The lowest BCUT2D eigenvalue weighted by molar-refractivity contribution is -0.164. The van der Waals surface area contributed by atoms with E-state index < -0.39 is 6.10 Å². The molecule has 0 spiro atoms. The van der Waals surface area contributed by atoms with Crippen molar-refractivity contribution in [2.75, 3.05) is 21.3 Å². The number of methoxy groups -OCH3 is 3. The topological polar surface area (TPSA) is 47.9 Å². The van der Waals surface area contributed by atoms with Gasteiger partial charge >= 0.3 is 0 Å². The van der Waals surface area contributed by atoms with Crippen LogP contribution in [0.1, 0.15) is 12.8 Å². The van der Waals surface area contributed by atoms with E-state index in [4.69, 9.17) is 14.2 Å². The van der Waals surface area contributed by atoms with Gasteiger partial charge in [-0.2, -0.15) is 0 Å². The Bertz CT molecular complexity index is 151. The predicted molar refractivity (Wildman–Crippen MR) is 47.6 cm³/mol. The molecule has 0 saturated heterocycles. The smallest absolute Gasteiger partial charge is 0.112 e. The Morgan fingerprint density at radius 2 is 1.46 bits per heavy atom. The van der Waals surface area contributed by atoms with Crippen molar-refractivity contribution < 1.29 is 19.3 Å². The summed E-state index contributed by atoms with van der Waals surface area (Å²) >= 11 is 0. The van der Waals surface area contributed by atoms with E-state index in [1.165, 1.54) is 0 Å². The highest BCUT2D eigenvalue weighted by molar-refractivity contribution is 4.89. The van der Waals surface area contributed by atoms with Crippen LogP contribution in [0.2, 0.25) is 0 Å². The van der Waals surface area contributed by atoms with Crippen LogP contribution in [0.15, 0.2) is 0 Å². The second-order valence-electron chi connectivity index (χ2n) is 3.32. The molecule has 0 amide bonds. The molecule has 1 saturated carbocycles. The molecular formula is C9H18O4. The zero-order chi connectivity index (χ0) is 9.84. The molecule has 0 aliphatic heterocycles. The minimum atomic E-state index is -0.589. The summed E-state index contributed by atoms with van der Waals surface area (Å²) in [6, 6.07) is 0. The Balaban J connectivity index is 2.59. The average molecular weight is 190 g/mol. The van der Waals surface area contributed by atoms with E-state index in [1.54, 1.807) is 21.3 Å². The Morgan fingerprint density at radius 1 is 0.923 bits per heavy atom. The first-order chi connectivity index (χ1) is 6.24. The van der Waals surface area contributed by atoms with Gasteiger partial charge < -0.3 is 19.3 Å². The van der Waals surface area contributed by atoms with Crippen LogP contribution >= 0.6 is 0 Å². The number of hydrogen-bond acceptors (Lipinski definition) is 4. The van der Waals surface area contributed by atoms with Crippen LogP contribution in [0.3, 0.4) is 0 Å². The van der Waals surface area contributed by atoms with E-state index in [2.05, 4.69) is 0 Å². The second-order valence-corrected chi connectivity index (χ2v) is 3.32. The molecule has 0 aromatic heterocycles. The second kappa shape index (κ2) is 4.91. The van der Waals surface area contributed by atoms with Crippen LogP contribution in [-0.4, -0.2) is 50.9 Å². The fourth-order valence-corrected chi connectivity index (χ4v) is 1.90. The van der Waals surface area contributed by atoms with Crippen molar-refractivity contribution in [3.05, 3.63) is 0 Å². The third-order valence-electron chi connectivity index (χ3n) is 2.70. The van der Waals surface area contributed by atoms with Gasteiger partial charge in [-0.3, -0.25) is 0 Å². The van der Waals surface area contributed by atoms with Gasteiger partial charge in [0.25, 0.3) is 0 Å². The summed E-state index contributed by atoms with van der Waals surface area (Å²) < 4.78 is 15.5. The van der Waals surface area contributed by atoms with Gasteiger partial charge in [-0.05, 0) is 12.8 Å². The van der Waals surface area contributed by atoms with E-state index in [9.17, 15) is 5.11 Å². The third kappa shape index (κ3) is 2.20. The van der Waals surface area contributed by atoms with Gasteiger partial charge in [-0.1, -0.05) is 0 Å². The number of aliphatic hydroxyl groups excluding tert-OH is 1. The van der Waals surface area contributed by atoms with Crippen LogP contribution < -0.4 is 0 Å². The van der Waals surface area contributed by atoms with Crippen LogP contribution in [0, 0.1) is 0 Å². The molecule has 4 nitrogen and oxygen atoms in total. The van der Waals surface area contributed by atoms with Gasteiger partial charge in [-0.25, -0.2) is 0 Å². The van der Waals surface area contributed by atoms with E-state index in [0.29, 0.717) is 0 Å². The zero-order valence-corrected chi connectivity index (χ0v) is 8.40. The van der Waals surface area contributed by atoms with E-state index in [0.717, 1.165) is 12.8 Å². The van der Waals surface area contributed by atoms with Crippen molar-refractivity contribution >= 4 is 0 Å². The van der Waals surface area contributed by atoms with Crippen LogP contribution in [0.4, 0.5) is 0 Å². The van der Waals surface area contributed by atoms with Gasteiger partial charge in [0.2, 0.25) is 0 Å². The van der Waals surface area contributed by atoms with Gasteiger partial charge in [0.15, 0.2) is 0 Å². The van der Waals surface area contributed by atoms with E-state index in [1.807, 2.05) is 0 Å². The van der Waals surface area contributed by atoms with Crippen LogP contribution in [0.5, 0.6) is 0 Å². The van der Waals surface area contributed by atoms with E-state index >= 15 is 0 Å². The fraction of sp³-hybridized carbons (Fsp3) is 1.00. The largest absolute Gasteiger partial charge is 0.388 e. The third-order valence-corrected chi connectivity index (χ3v) is 2.70. The van der Waals surface area contributed by atoms with Crippen molar-refractivity contribution in [3.63, 3.8) is 0 Å². The number of aliphatic hydroxyl groups is 1. The summed E-state index contributed by atoms with van der Waals surface area (Å²) in [4.78, 5) is 0. The number of hydrogen-bond donors (Lipinski definition) is 1. The molecule has 0 aromatic carbocycles.